The highest BCUT2D eigenvalue weighted by Gasteiger charge is 2.17. The second kappa shape index (κ2) is 6.74. The quantitative estimate of drug-likeness (QED) is 0.908. The Hall–Kier alpha value is -1.85. The number of nitrogens with one attached hydrogen (secondary N) is 1. The Balaban J connectivity index is 0.00000220. The molecule has 1 aromatic carbocycles. The predicted octanol–water partition coefficient (Wildman–Crippen LogP) is 2.07. The first-order valence-electron chi connectivity index (χ1n) is 6.55. The van der Waals surface area contributed by atoms with Gasteiger partial charge in [-0.1, -0.05) is 18.2 Å². The van der Waals surface area contributed by atoms with Crippen LogP contribution in [-0.2, 0) is 0 Å². The van der Waals surface area contributed by atoms with Crippen molar-refractivity contribution in [2.75, 3.05) is 6.54 Å². The molecule has 1 heterocycles. The van der Waals surface area contributed by atoms with Gasteiger partial charge in [-0.05, 0) is 32.9 Å². The molecule has 0 unspecified atom stereocenters. The Morgan fingerprint density at radius 1 is 1.33 bits per heavy atom. The zero-order valence-electron chi connectivity index (χ0n) is 12.5. The highest BCUT2D eigenvalue weighted by atomic mass is 35.5. The van der Waals surface area contributed by atoms with E-state index < -0.39 is 5.54 Å². The summed E-state index contributed by atoms with van der Waals surface area (Å²) in [6, 6.07) is 9.72. The molecule has 0 aliphatic heterocycles. The van der Waals surface area contributed by atoms with Crippen molar-refractivity contribution < 1.29 is 4.79 Å². The number of hydrogen-bond acceptors (Lipinski definition) is 3. The minimum absolute atomic E-state index is 0. The van der Waals surface area contributed by atoms with Crippen LogP contribution in [0.3, 0.4) is 0 Å². The molecule has 0 saturated heterocycles. The maximum Gasteiger partial charge on any atom is 0.254 e. The van der Waals surface area contributed by atoms with Gasteiger partial charge in [0.05, 0.1) is 23.1 Å². The summed E-state index contributed by atoms with van der Waals surface area (Å²) in [6.07, 6.45) is 1.58. The number of carbonyl (C=O) groups is 1. The van der Waals surface area contributed by atoms with Crippen molar-refractivity contribution in [3.8, 4) is 5.69 Å². The fourth-order valence-corrected chi connectivity index (χ4v) is 1.87. The topological polar surface area (TPSA) is 72.9 Å². The van der Waals surface area contributed by atoms with Crippen LogP contribution in [0.1, 0.15) is 29.9 Å². The monoisotopic (exact) mass is 308 g/mol. The Labute approximate surface area is 130 Å². The Bertz CT molecular complexity index is 602. The second-order valence-corrected chi connectivity index (χ2v) is 5.56. The van der Waals surface area contributed by atoms with Gasteiger partial charge < -0.3 is 11.1 Å². The lowest BCUT2D eigenvalue weighted by Gasteiger charge is -2.18. The minimum Gasteiger partial charge on any atom is -0.350 e. The minimum atomic E-state index is -0.432. The number of para-hydroxylation sites is 1. The van der Waals surface area contributed by atoms with Crippen molar-refractivity contribution in [1.82, 2.24) is 15.1 Å². The average molecular weight is 309 g/mol. The highest BCUT2D eigenvalue weighted by Crippen LogP contribution is 2.13. The summed E-state index contributed by atoms with van der Waals surface area (Å²) in [4.78, 5) is 12.1. The van der Waals surface area contributed by atoms with Gasteiger partial charge in [0, 0.05) is 12.1 Å². The van der Waals surface area contributed by atoms with Crippen LogP contribution >= 0.6 is 12.4 Å². The first-order chi connectivity index (χ1) is 9.38. The van der Waals surface area contributed by atoms with Crippen LogP contribution in [0.2, 0.25) is 0 Å². The van der Waals surface area contributed by atoms with Gasteiger partial charge in [0.25, 0.3) is 5.91 Å². The molecule has 0 fully saturated rings. The molecule has 0 saturated carbocycles. The third-order valence-corrected chi connectivity index (χ3v) is 2.96. The summed E-state index contributed by atoms with van der Waals surface area (Å²) in [5.41, 5.74) is 7.74. The lowest BCUT2D eigenvalue weighted by Crippen LogP contribution is -2.45. The lowest BCUT2D eigenvalue weighted by atomic mass is 10.1. The summed E-state index contributed by atoms with van der Waals surface area (Å²) in [5.74, 6) is -0.150. The molecule has 0 aliphatic rings. The number of benzene rings is 1. The van der Waals surface area contributed by atoms with Gasteiger partial charge in [0.1, 0.15) is 0 Å². The zero-order chi connectivity index (χ0) is 14.8. The fourth-order valence-electron chi connectivity index (χ4n) is 1.87. The molecular formula is C15H21ClN4O. The first-order valence-corrected chi connectivity index (χ1v) is 6.55. The summed E-state index contributed by atoms with van der Waals surface area (Å²) in [5, 5.41) is 7.10. The lowest BCUT2D eigenvalue weighted by molar-refractivity contribution is 0.0945. The predicted molar refractivity (Wildman–Crippen MR) is 86.1 cm³/mol. The van der Waals surface area contributed by atoms with Crippen LogP contribution in [0.25, 0.3) is 5.69 Å². The van der Waals surface area contributed by atoms with E-state index in [0.717, 1.165) is 11.4 Å². The molecular weight excluding hydrogens is 288 g/mol. The van der Waals surface area contributed by atoms with Crippen molar-refractivity contribution in [3.05, 3.63) is 47.8 Å². The number of nitrogens with zero attached hydrogens (tertiary/aromatic N) is 2. The molecule has 0 radical (unpaired) electrons. The Morgan fingerprint density at radius 3 is 2.52 bits per heavy atom. The maximum absolute atomic E-state index is 12.1. The fraction of sp³-hybridized carbons (Fsp3) is 0.333. The van der Waals surface area contributed by atoms with Crippen LogP contribution in [0.4, 0.5) is 0 Å². The number of nitrogens with two attached hydrogens (primary N) is 1. The molecule has 5 nitrogen and oxygen atoms in total. The molecule has 114 valence electrons. The zero-order valence-corrected chi connectivity index (χ0v) is 13.3. The van der Waals surface area contributed by atoms with Crippen molar-refractivity contribution in [2.45, 2.75) is 26.3 Å². The molecule has 0 atom stereocenters. The molecule has 3 N–H and O–H groups in total. The molecule has 0 spiro atoms. The van der Waals surface area contributed by atoms with E-state index in [4.69, 9.17) is 5.73 Å². The Morgan fingerprint density at radius 2 is 1.95 bits per heavy atom. The number of rotatable bonds is 4. The summed E-state index contributed by atoms with van der Waals surface area (Å²) < 4.78 is 1.75. The summed E-state index contributed by atoms with van der Waals surface area (Å²) in [7, 11) is 0. The van der Waals surface area contributed by atoms with Gasteiger partial charge in [-0.25, -0.2) is 4.68 Å². The largest absolute Gasteiger partial charge is 0.350 e. The van der Waals surface area contributed by atoms with Crippen molar-refractivity contribution in [2.24, 2.45) is 5.73 Å². The number of hydrogen-bond donors (Lipinski definition) is 2. The van der Waals surface area contributed by atoms with Gasteiger partial charge in [-0.15, -0.1) is 12.4 Å². The average Bonchev–Trinajstić information content (AvgIpc) is 2.78. The van der Waals surface area contributed by atoms with E-state index in [1.807, 2.05) is 51.1 Å². The normalized spacial score (nSPS) is 10.9. The smallest absolute Gasteiger partial charge is 0.254 e. The maximum atomic E-state index is 12.1. The second-order valence-electron chi connectivity index (χ2n) is 5.56. The van der Waals surface area contributed by atoms with Crippen LogP contribution < -0.4 is 11.1 Å². The molecule has 2 aromatic rings. The van der Waals surface area contributed by atoms with E-state index >= 15 is 0 Å². The molecule has 0 bridgehead atoms. The van der Waals surface area contributed by atoms with Crippen molar-refractivity contribution >= 4 is 18.3 Å². The van der Waals surface area contributed by atoms with Crippen molar-refractivity contribution in [1.29, 1.82) is 0 Å². The van der Waals surface area contributed by atoms with Crippen LogP contribution in [0.5, 0.6) is 0 Å². The van der Waals surface area contributed by atoms with Crippen LogP contribution in [-0.4, -0.2) is 27.8 Å². The molecule has 1 amide bonds. The van der Waals surface area contributed by atoms with Gasteiger partial charge in [0.15, 0.2) is 0 Å². The third-order valence-electron chi connectivity index (χ3n) is 2.96. The highest BCUT2D eigenvalue weighted by molar-refractivity contribution is 5.95. The Kier molecular flexibility index (Phi) is 5.52. The summed E-state index contributed by atoms with van der Waals surface area (Å²) in [6.45, 7) is 6.03. The standard InChI is InChI=1S/C15H20N4O.ClH/c1-11-13(14(20)17-10-15(2,3)16)9-18-19(11)12-7-5-4-6-8-12;/h4-9H,10,16H2,1-3H3,(H,17,20);1H. The van der Waals surface area contributed by atoms with E-state index in [2.05, 4.69) is 10.4 Å². The summed E-state index contributed by atoms with van der Waals surface area (Å²) >= 11 is 0. The number of amides is 1. The third kappa shape index (κ3) is 4.31. The molecule has 21 heavy (non-hydrogen) atoms. The van der Waals surface area contributed by atoms with E-state index in [0.29, 0.717) is 12.1 Å². The number of aromatic nitrogens is 2. The number of carbonyl (C=O) groups excluding carboxylic acids is 1. The van der Waals surface area contributed by atoms with E-state index in [1.54, 1.807) is 10.9 Å². The van der Waals surface area contributed by atoms with Crippen LogP contribution in [0, 0.1) is 6.92 Å². The van der Waals surface area contributed by atoms with E-state index in [9.17, 15) is 4.79 Å². The van der Waals surface area contributed by atoms with E-state index in [-0.39, 0.29) is 18.3 Å². The van der Waals surface area contributed by atoms with E-state index in [1.165, 1.54) is 0 Å². The molecule has 0 aliphatic carbocycles. The molecule has 1 aromatic heterocycles. The van der Waals surface area contributed by atoms with Crippen LogP contribution in [0.15, 0.2) is 36.5 Å². The number of halogens is 1. The molecule has 6 heteroatoms. The van der Waals surface area contributed by atoms with Gasteiger partial charge in [-0.2, -0.15) is 5.10 Å². The first kappa shape index (κ1) is 17.2. The van der Waals surface area contributed by atoms with Crippen molar-refractivity contribution in [3.63, 3.8) is 0 Å². The van der Waals surface area contributed by atoms with Gasteiger partial charge in [0.2, 0.25) is 0 Å². The van der Waals surface area contributed by atoms with Gasteiger partial charge >= 0.3 is 0 Å². The van der Waals surface area contributed by atoms with Gasteiger partial charge in [-0.3, -0.25) is 4.79 Å². The molecule has 2 rings (SSSR count). The SMILES string of the molecule is Cc1c(C(=O)NCC(C)(C)N)cnn1-c1ccccc1.Cl.